The molecule has 0 saturated heterocycles. The van der Waals surface area contributed by atoms with Crippen molar-refractivity contribution < 1.29 is 19.4 Å². The number of hydrogen-bond acceptors (Lipinski definition) is 3. The predicted octanol–water partition coefficient (Wildman–Crippen LogP) is 2.49. The summed E-state index contributed by atoms with van der Waals surface area (Å²) in [6, 6.07) is 15.5. The van der Waals surface area contributed by atoms with Crippen LogP contribution in [0.1, 0.15) is 22.8 Å². The monoisotopic (exact) mass is 327 g/mol. The summed E-state index contributed by atoms with van der Waals surface area (Å²) in [5, 5.41) is 12.0. The maximum atomic E-state index is 12.5. The second-order valence-electron chi connectivity index (χ2n) is 5.56. The Bertz CT molecular complexity index is 700. The molecule has 0 spiro atoms. The van der Waals surface area contributed by atoms with Crippen LogP contribution in [0.4, 0.5) is 0 Å². The van der Waals surface area contributed by atoms with Gasteiger partial charge in [0.15, 0.2) is 6.10 Å². The molecule has 0 bridgehead atoms. The molecule has 2 rings (SSSR count). The lowest BCUT2D eigenvalue weighted by molar-refractivity contribution is -0.144. The largest absolute Gasteiger partial charge is 0.480 e. The second-order valence-corrected chi connectivity index (χ2v) is 5.56. The molecule has 0 aliphatic rings. The summed E-state index contributed by atoms with van der Waals surface area (Å²) in [6.45, 7) is 1.91. The maximum Gasteiger partial charge on any atom is 0.326 e. The van der Waals surface area contributed by atoms with Gasteiger partial charge in [0.05, 0.1) is 0 Å². The summed E-state index contributed by atoms with van der Waals surface area (Å²) in [5.74, 6) is -1.54. The van der Waals surface area contributed by atoms with Crippen LogP contribution in [0.25, 0.3) is 0 Å². The molecule has 2 aromatic carbocycles. The average Bonchev–Trinajstić information content (AvgIpc) is 2.57. The van der Waals surface area contributed by atoms with Crippen LogP contribution in [0.5, 0.6) is 0 Å². The molecule has 5 heteroatoms. The fourth-order valence-electron chi connectivity index (χ4n) is 2.53. The van der Waals surface area contributed by atoms with Gasteiger partial charge in [-0.05, 0) is 23.6 Å². The zero-order valence-electron chi connectivity index (χ0n) is 13.7. The van der Waals surface area contributed by atoms with Gasteiger partial charge in [-0.2, -0.15) is 0 Å². The molecule has 5 nitrogen and oxygen atoms in total. The zero-order chi connectivity index (χ0) is 17.5. The van der Waals surface area contributed by atoms with Crippen molar-refractivity contribution in [2.75, 3.05) is 7.11 Å². The minimum absolute atomic E-state index is 0.221. The Kier molecular flexibility index (Phi) is 6.09. The third-order valence-electron chi connectivity index (χ3n) is 3.88. The van der Waals surface area contributed by atoms with Gasteiger partial charge < -0.3 is 15.2 Å². The molecule has 0 aromatic heterocycles. The van der Waals surface area contributed by atoms with Crippen molar-refractivity contribution >= 4 is 11.9 Å². The lowest BCUT2D eigenvalue weighted by Gasteiger charge is -2.20. The molecule has 0 radical (unpaired) electrons. The molecular formula is C19H21NO4. The quantitative estimate of drug-likeness (QED) is 0.819. The van der Waals surface area contributed by atoms with Crippen molar-refractivity contribution in [3.8, 4) is 0 Å². The SMILES string of the molecule is CO[C@H](C(=O)N[C@@H](Cc1ccccc1C)C(=O)O)c1ccccc1. The second kappa shape index (κ2) is 8.26. The van der Waals surface area contributed by atoms with Gasteiger partial charge >= 0.3 is 5.97 Å². The highest BCUT2D eigenvalue weighted by Gasteiger charge is 2.26. The van der Waals surface area contributed by atoms with Crippen LogP contribution in [0.3, 0.4) is 0 Å². The molecule has 0 aliphatic heterocycles. The molecule has 0 fully saturated rings. The van der Waals surface area contributed by atoms with E-state index >= 15 is 0 Å². The van der Waals surface area contributed by atoms with Gasteiger partial charge in [-0.1, -0.05) is 54.6 Å². The van der Waals surface area contributed by atoms with Crippen LogP contribution < -0.4 is 5.32 Å². The van der Waals surface area contributed by atoms with Gasteiger partial charge in [0.1, 0.15) is 6.04 Å². The van der Waals surface area contributed by atoms with Gasteiger partial charge in [0, 0.05) is 13.5 Å². The molecule has 126 valence electrons. The molecule has 0 unspecified atom stereocenters. The number of aliphatic carboxylic acids is 1. The Morgan fingerprint density at radius 3 is 2.29 bits per heavy atom. The van der Waals surface area contributed by atoms with Crippen LogP contribution in [0, 0.1) is 6.92 Å². The van der Waals surface area contributed by atoms with E-state index in [1.807, 2.05) is 37.3 Å². The Morgan fingerprint density at radius 1 is 1.08 bits per heavy atom. The predicted molar refractivity (Wildman–Crippen MR) is 90.6 cm³/mol. The van der Waals surface area contributed by atoms with Crippen molar-refractivity contribution in [1.82, 2.24) is 5.32 Å². The fourth-order valence-corrected chi connectivity index (χ4v) is 2.53. The minimum Gasteiger partial charge on any atom is -0.480 e. The van der Waals surface area contributed by atoms with E-state index in [0.717, 1.165) is 11.1 Å². The van der Waals surface area contributed by atoms with Crippen molar-refractivity contribution in [3.63, 3.8) is 0 Å². The van der Waals surface area contributed by atoms with E-state index in [0.29, 0.717) is 5.56 Å². The average molecular weight is 327 g/mol. The first-order valence-electron chi connectivity index (χ1n) is 7.68. The number of hydrogen-bond donors (Lipinski definition) is 2. The van der Waals surface area contributed by atoms with Crippen molar-refractivity contribution in [2.24, 2.45) is 0 Å². The van der Waals surface area contributed by atoms with Crippen LogP contribution in [-0.2, 0) is 20.7 Å². The third kappa shape index (κ3) is 4.43. The molecule has 24 heavy (non-hydrogen) atoms. The summed E-state index contributed by atoms with van der Waals surface area (Å²) in [7, 11) is 1.42. The van der Waals surface area contributed by atoms with E-state index in [-0.39, 0.29) is 6.42 Å². The highest BCUT2D eigenvalue weighted by atomic mass is 16.5. The summed E-state index contributed by atoms with van der Waals surface area (Å²) in [6.07, 6.45) is -0.621. The van der Waals surface area contributed by atoms with Gasteiger partial charge in [-0.3, -0.25) is 4.79 Å². The summed E-state index contributed by atoms with van der Waals surface area (Å²) in [5.41, 5.74) is 2.56. The van der Waals surface area contributed by atoms with Crippen LogP contribution in [0.15, 0.2) is 54.6 Å². The van der Waals surface area contributed by atoms with Gasteiger partial charge in [-0.15, -0.1) is 0 Å². The Morgan fingerprint density at radius 2 is 1.71 bits per heavy atom. The van der Waals surface area contributed by atoms with Crippen LogP contribution >= 0.6 is 0 Å². The third-order valence-corrected chi connectivity index (χ3v) is 3.88. The number of benzene rings is 2. The molecular weight excluding hydrogens is 306 g/mol. The first-order chi connectivity index (χ1) is 11.5. The number of ether oxygens (including phenoxy) is 1. The molecule has 1 amide bonds. The molecule has 0 aliphatic carbocycles. The Labute approximate surface area is 141 Å². The summed E-state index contributed by atoms with van der Waals surface area (Å²) in [4.78, 5) is 24.0. The standard InChI is InChI=1S/C19H21NO4/c1-13-8-6-7-11-15(13)12-16(19(22)23)20-18(21)17(24-2)14-9-4-3-5-10-14/h3-11,16-17H,12H2,1-2H3,(H,20,21)(H,22,23)/t16-,17-/m0/s1. The number of aryl methyl sites for hydroxylation is 1. The Hall–Kier alpha value is -2.66. The van der Waals surface area contributed by atoms with Crippen molar-refractivity contribution in [1.29, 1.82) is 0 Å². The lowest BCUT2D eigenvalue weighted by Crippen LogP contribution is -2.44. The highest BCUT2D eigenvalue weighted by Crippen LogP contribution is 2.17. The van der Waals surface area contributed by atoms with Crippen LogP contribution in [0.2, 0.25) is 0 Å². The first-order valence-corrected chi connectivity index (χ1v) is 7.68. The minimum atomic E-state index is -1.07. The van der Waals surface area contributed by atoms with Gasteiger partial charge in [0.2, 0.25) is 0 Å². The number of amides is 1. The van der Waals surface area contributed by atoms with E-state index in [4.69, 9.17) is 4.74 Å². The van der Waals surface area contributed by atoms with Gasteiger partial charge in [-0.25, -0.2) is 4.79 Å². The first kappa shape index (κ1) is 17.7. The van der Waals surface area contributed by atoms with Crippen molar-refractivity contribution in [2.45, 2.75) is 25.5 Å². The van der Waals surface area contributed by atoms with E-state index in [2.05, 4.69) is 5.32 Å². The normalized spacial score (nSPS) is 13.1. The van der Waals surface area contributed by atoms with Gasteiger partial charge in [0.25, 0.3) is 5.91 Å². The number of carboxylic acids is 1. The van der Waals surface area contributed by atoms with Crippen LogP contribution in [-0.4, -0.2) is 30.1 Å². The van der Waals surface area contributed by atoms with E-state index < -0.39 is 24.0 Å². The summed E-state index contributed by atoms with van der Waals surface area (Å²) >= 11 is 0. The molecule has 2 atom stereocenters. The van der Waals surface area contributed by atoms with E-state index in [1.54, 1.807) is 24.3 Å². The Balaban J connectivity index is 2.13. The highest BCUT2D eigenvalue weighted by molar-refractivity contribution is 5.87. The number of methoxy groups -OCH3 is 1. The number of rotatable bonds is 7. The smallest absolute Gasteiger partial charge is 0.326 e. The number of carboxylic acid groups (broad SMARTS) is 1. The van der Waals surface area contributed by atoms with Crippen molar-refractivity contribution in [3.05, 3.63) is 71.3 Å². The topological polar surface area (TPSA) is 75.6 Å². The van der Waals surface area contributed by atoms with E-state index in [1.165, 1.54) is 7.11 Å². The molecule has 0 heterocycles. The summed E-state index contributed by atoms with van der Waals surface area (Å²) < 4.78 is 5.25. The molecule has 2 aromatic rings. The number of carbonyl (C=O) groups is 2. The number of nitrogens with one attached hydrogen (secondary N) is 1. The lowest BCUT2D eigenvalue weighted by atomic mass is 10.0. The van der Waals surface area contributed by atoms with E-state index in [9.17, 15) is 14.7 Å². The zero-order valence-corrected chi connectivity index (χ0v) is 13.7. The molecule has 0 saturated carbocycles. The number of carbonyl (C=O) groups excluding carboxylic acids is 1. The molecule has 2 N–H and O–H groups in total. The maximum absolute atomic E-state index is 12.5. The fraction of sp³-hybridized carbons (Fsp3) is 0.263.